The molecule has 0 saturated carbocycles. The van der Waals surface area contributed by atoms with E-state index in [1.807, 2.05) is 20.8 Å². The van der Waals surface area contributed by atoms with Gasteiger partial charge < -0.3 is 9.84 Å². The van der Waals surface area contributed by atoms with E-state index in [2.05, 4.69) is 0 Å². The second-order valence-corrected chi connectivity index (χ2v) is 4.33. The molecule has 1 aromatic carbocycles. The predicted molar refractivity (Wildman–Crippen MR) is 66.8 cm³/mol. The minimum atomic E-state index is -0.493. The van der Waals surface area contributed by atoms with Crippen LogP contribution in [0.4, 0.5) is 4.39 Å². The Labute approximate surface area is 102 Å². The number of halogens is 1. The number of aryl methyl sites for hydroxylation is 1. The molecule has 0 aliphatic rings. The normalized spacial score (nSPS) is 14.4. The molecule has 0 amide bonds. The number of benzene rings is 1. The highest BCUT2D eigenvalue weighted by molar-refractivity contribution is 5.32. The van der Waals surface area contributed by atoms with Gasteiger partial charge in [0.15, 0.2) is 0 Å². The van der Waals surface area contributed by atoms with Crippen molar-refractivity contribution in [2.24, 2.45) is 0 Å². The maximum absolute atomic E-state index is 13.1. The van der Waals surface area contributed by atoms with Crippen LogP contribution in [0.2, 0.25) is 0 Å². The first-order valence-electron chi connectivity index (χ1n) is 6.19. The van der Waals surface area contributed by atoms with Gasteiger partial charge in [0.1, 0.15) is 17.7 Å². The van der Waals surface area contributed by atoms with Crippen molar-refractivity contribution in [2.45, 2.75) is 52.2 Å². The van der Waals surface area contributed by atoms with Gasteiger partial charge in [0.25, 0.3) is 0 Å². The Bertz CT molecular complexity index is 352. The van der Waals surface area contributed by atoms with Crippen LogP contribution in [-0.4, -0.2) is 17.3 Å². The molecule has 96 valence electrons. The molecule has 2 nitrogen and oxygen atoms in total. The van der Waals surface area contributed by atoms with Crippen molar-refractivity contribution in [1.29, 1.82) is 0 Å². The Balaban J connectivity index is 2.76. The molecule has 0 heterocycles. The topological polar surface area (TPSA) is 29.5 Å². The second kappa shape index (κ2) is 6.60. The zero-order valence-electron chi connectivity index (χ0n) is 10.7. The molecule has 1 rings (SSSR count). The average Bonchev–Trinajstić information content (AvgIpc) is 2.30. The van der Waals surface area contributed by atoms with Crippen molar-refractivity contribution in [3.05, 3.63) is 29.6 Å². The number of aliphatic hydroxyl groups is 1. The molecule has 0 fully saturated rings. The highest BCUT2D eigenvalue weighted by atomic mass is 19.1. The van der Waals surface area contributed by atoms with Crippen molar-refractivity contribution in [3.8, 4) is 5.75 Å². The van der Waals surface area contributed by atoms with E-state index in [1.165, 1.54) is 12.1 Å². The van der Waals surface area contributed by atoms with Crippen LogP contribution in [0.15, 0.2) is 18.2 Å². The van der Waals surface area contributed by atoms with Crippen LogP contribution in [0.25, 0.3) is 0 Å². The fourth-order valence-electron chi connectivity index (χ4n) is 1.78. The smallest absolute Gasteiger partial charge is 0.126 e. The van der Waals surface area contributed by atoms with Crippen molar-refractivity contribution >= 4 is 0 Å². The lowest BCUT2D eigenvalue weighted by Gasteiger charge is -2.23. The summed E-state index contributed by atoms with van der Waals surface area (Å²) in [6.07, 6.45) is 1.55. The highest BCUT2D eigenvalue weighted by Gasteiger charge is 2.19. The fraction of sp³-hybridized carbons (Fsp3) is 0.571. The van der Waals surface area contributed by atoms with Gasteiger partial charge in [-0.05, 0) is 31.4 Å². The first-order valence-corrected chi connectivity index (χ1v) is 6.19. The van der Waals surface area contributed by atoms with Gasteiger partial charge in [-0.2, -0.15) is 0 Å². The van der Waals surface area contributed by atoms with E-state index in [1.54, 1.807) is 6.07 Å². The first kappa shape index (κ1) is 14.0. The zero-order valence-corrected chi connectivity index (χ0v) is 10.7. The summed E-state index contributed by atoms with van der Waals surface area (Å²) in [6.45, 7) is 5.84. The van der Waals surface area contributed by atoms with Crippen LogP contribution in [-0.2, 0) is 0 Å². The fourth-order valence-corrected chi connectivity index (χ4v) is 1.78. The Morgan fingerprint density at radius 3 is 2.65 bits per heavy atom. The molecule has 0 radical (unpaired) electrons. The van der Waals surface area contributed by atoms with E-state index in [9.17, 15) is 9.50 Å². The molecular weight excluding hydrogens is 219 g/mol. The average molecular weight is 240 g/mol. The largest absolute Gasteiger partial charge is 0.487 e. The summed E-state index contributed by atoms with van der Waals surface area (Å²) in [5.41, 5.74) is 0.883. The molecule has 3 heteroatoms. The second-order valence-electron chi connectivity index (χ2n) is 4.33. The summed E-state index contributed by atoms with van der Waals surface area (Å²) in [7, 11) is 0. The van der Waals surface area contributed by atoms with Crippen molar-refractivity contribution in [3.63, 3.8) is 0 Å². The molecule has 1 aromatic rings. The number of aliphatic hydroxyl groups excluding tert-OH is 1. The standard InChI is InChI=1S/C14H21FO2/c1-4-6-12(16)13(5-2)17-14-9-11(15)8-7-10(14)3/h7-9,12-13,16H,4-6H2,1-3H3. The Hall–Kier alpha value is -1.09. The van der Waals surface area contributed by atoms with Gasteiger partial charge in [-0.1, -0.05) is 26.3 Å². The van der Waals surface area contributed by atoms with E-state index >= 15 is 0 Å². The van der Waals surface area contributed by atoms with Crippen LogP contribution in [0, 0.1) is 12.7 Å². The third-order valence-corrected chi connectivity index (χ3v) is 2.84. The van der Waals surface area contributed by atoms with Crippen LogP contribution >= 0.6 is 0 Å². The van der Waals surface area contributed by atoms with Crippen molar-refractivity contribution < 1.29 is 14.2 Å². The third kappa shape index (κ3) is 4.00. The summed E-state index contributed by atoms with van der Waals surface area (Å²) < 4.78 is 18.8. The first-order chi connectivity index (χ1) is 8.08. The zero-order chi connectivity index (χ0) is 12.8. The number of hydrogen-bond donors (Lipinski definition) is 1. The maximum Gasteiger partial charge on any atom is 0.126 e. The molecule has 0 spiro atoms. The van der Waals surface area contributed by atoms with E-state index in [4.69, 9.17) is 4.74 Å². The van der Waals surface area contributed by atoms with Gasteiger partial charge in [0.2, 0.25) is 0 Å². The summed E-state index contributed by atoms with van der Waals surface area (Å²) >= 11 is 0. The molecule has 0 aliphatic heterocycles. The SMILES string of the molecule is CCCC(O)C(CC)Oc1cc(F)ccc1C. The van der Waals surface area contributed by atoms with Crippen LogP contribution < -0.4 is 4.74 Å². The Morgan fingerprint density at radius 1 is 1.35 bits per heavy atom. The van der Waals surface area contributed by atoms with Gasteiger partial charge in [0, 0.05) is 6.07 Å². The monoisotopic (exact) mass is 240 g/mol. The van der Waals surface area contributed by atoms with E-state index in [0.717, 1.165) is 12.0 Å². The van der Waals surface area contributed by atoms with Crippen molar-refractivity contribution in [1.82, 2.24) is 0 Å². The van der Waals surface area contributed by atoms with E-state index in [-0.39, 0.29) is 11.9 Å². The lowest BCUT2D eigenvalue weighted by Crippen LogP contribution is -2.31. The minimum absolute atomic E-state index is 0.268. The van der Waals surface area contributed by atoms with Crippen LogP contribution in [0.3, 0.4) is 0 Å². The van der Waals surface area contributed by atoms with Gasteiger partial charge in [-0.15, -0.1) is 0 Å². The molecule has 2 atom stereocenters. The molecule has 17 heavy (non-hydrogen) atoms. The van der Waals surface area contributed by atoms with E-state index < -0.39 is 6.10 Å². The lowest BCUT2D eigenvalue weighted by atomic mass is 10.1. The van der Waals surface area contributed by atoms with Gasteiger partial charge in [-0.3, -0.25) is 0 Å². The predicted octanol–water partition coefficient (Wildman–Crippen LogP) is 3.45. The third-order valence-electron chi connectivity index (χ3n) is 2.84. The Kier molecular flexibility index (Phi) is 5.42. The number of rotatable bonds is 6. The van der Waals surface area contributed by atoms with Crippen molar-refractivity contribution in [2.75, 3.05) is 0 Å². The summed E-state index contributed by atoms with van der Waals surface area (Å²) in [5, 5.41) is 9.91. The van der Waals surface area contributed by atoms with Gasteiger partial charge in [0.05, 0.1) is 6.10 Å². The highest BCUT2D eigenvalue weighted by Crippen LogP contribution is 2.22. The summed E-state index contributed by atoms with van der Waals surface area (Å²) in [6, 6.07) is 4.46. The molecule has 2 unspecified atom stereocenters. The summed E-state index contributed by atoms with van der Waals surface area (Å²) in [4.78, 5) is 0. The van der Waals surface area contributed by atoms with Crippen LogP contribution in [0.1, 0.15) is 38.7 Å². The molecule has 0 aliphatic carbocycles. The van der Waals surface area contributed by atoms with Gasteiger partial charge in [-0.25, -0.2) is 4.39 Å². The Morgan fingerprint density at radius 2 is 2.06 bits per heavy atom. The van der Waals surface area contributed by atoms with Crippen LogP contribution in [0.5, 0.6) is 5.75 Å². The number of ether oxygens (including phenoxy) is 1. The molecule has 1 N–H and O–H groups in total. The number of hydrogen-bond acceptors (Lipinski definition) is 2. The van der Waals surface area contributed by atoms with Gasteiger partial charge >= 0.3 is 0 Å². The lowest BCUT2D eigenvalue weighted by molar-refractivity contribution is 0.0279. The summed E-state index contributed by atoms with van der Waals surface area (Å²) in [5.74, 6) is 0.206. The van der Waals surface area contributed by atoms with E-state index in [0.29, 0.717) is 18.6 Å². The minimum Gasteiger partial charge on any atom is -0.487 e. The maximum atomic E-state index is 13.1. The molecule has 0 saturated heterocycles. The molecular formula is C14H21FO2. The quantitative estimate of drug-likeness (QED) is 0.825. The molecule has 0 bridgehead atoms. The molecule has 0 aromatic heterocycles.